The highest BCUT2D eigenvalue weighted by atomic mass is 16.2. The SMILES string of the molecule is Cc1cccc(N2CCN(C(=O)c3ccc(NC4CCCCC4)nc3)CC2)c1C. The van der Waals surface area contributed by atoms with Crippen LogP contribution in [0.1, 0.15) is 53.6 Å². The van der Waals surface area contributed by atoms with E-state index in [4.69, 9.17) is 0 Å². The van der Waals surface area contributed by atoms with Crippen LogP contribution in [-0.2, 0) is 0 Å². The first-order valence-corrected chi connectivity index (χ1v) is 10.9. The summed E-state index contributed by atoms with van der Waals surface area (Å²) in [6.45, 7) is 7.55. The minimum absolute atomic E-state index is 0.0855. The van der Waals surface area contributed by atoms with Crippen LogP contribution in [-0.4, -0.2) is 48.0 Å². The van der Waals surface area contributed by atoms with Crippen molar-refractivity contribution in [3.8, 4) is 0 Å². The van der Waals surface area contributed by atoms with Gasteiger partial charge < -0.3 is 15.1 Å². The summed E-state index contributed by atoms with van der Waals surface area (Å²) in [6.07, 6.45) is 8.09. The Morgan fingerprint density at radius 2 is 1.76 bits per heavy atom. The van der Waals surface area contributed by atoms with Crippen molar-refractivity contribution in [2.75, 3.05) is 36.4 Å². The first-order chi connectivity index (χ1) is 14.1. The number of nitrogens with zero attached hydrogens (tertiary/aromatic N) is 3. The van der Waals surface area contributed by atoms with Gasteiger partial charge in [0.1, 0.15) is 5.82 Å². The van der Waals surface area contributed by atoms with Gasteiger partial charge in [0, 0.05) is 44.1 Å². The van der Waals surface area contributed by atoms with E-state index < -0.39 is 0 Å². The number of amides is 1. The van der Waals surface area contributed by atoms with Crippen molar-refractivity contribution < 1.29 is 4.79 Å². The number of hydrogen-bond acceptors (Lipinski definition) is 4. The van der Waals surface area contributed by atoms with E-state index in [9.17, 15) is 4.79 Å². The minimum Gasteiger partial charge on any atom is -0.368 e. The molecule has 0 bridgehead atoms. The van der Waals surface area contributed by atoms with Gasteiger partial charge in [-0.1, -0.05) is 31.4 Å². The summed E-state index contributed by atoms with van der Waals surface area (Å²) in [7, 11) is 0. The van der Waals surface area contributed by atoms with E-state index in [-0.39, 0.29) is 5.91 Å². The number of aromatic nitrogens is 1. The topological polar surface area (TPSA) is 48.5 Å². The lowest BCUT2D eigenvalue weighted by Crippen LogP contribution is -2.49. The van der Waals surface area contributed by atoms with Gasteiger partial charge in [-0.2, -0.15) is 0 Å². The van der Waals surface area contributed by atoms with E-state index in [0.717, 1.165) is 32.0 Å². The number of pyridine rings is 1. The number of carbonyl (C=O) groups excluding carboxylic acids is 1. The number of hydrogen-bond donors (Lipinski definition) is 1. The summed E-state index contributed by atoms with van der Waals surface area (Å²) in [6, 6.07) is 10.8. The van der Waals surface area contributed by atoms with E-state index in [2.05, 4.69) is 47.2 Å². The van der Waals surface area contributed by atoms with Crippen molar-refractivity contribution in [1.82, 2.24) is 9.88 Å². The van der Waals surface area contributed by atoms with Gasteiger partial charge in [0.05, 0.1) is 5.56 Å². The number of rotatable bonds is 4. The first kappa shape index (κ1) is 19.7. The van der Waals surface area contributed by atoms with Gasteiger partial charge in [-0.3, -0.25) is 4.79 Å². The van der Waals surface area contributed by atoms with Gasteiger partial charge in [0.25, 0.3) is 5.91 Å². The Labute approximate surface area is 174 Å². The molecule has 2 fully saturated rings. The summed E-state index contributed by atoms with van der Waals surface area (Å²) in [4.78, 5) is 21.8. The number of nitrogens with one attached hydrogen (secondary N) is 1. The number of carbonyl (C=O) groups is 1. The van der Waals surface area contributed by atoms with Crippen molar-refractivity contribution in [2.45, 2.75) is 52.0 Å². The lowest BCUT2D eigenvalue weighted by Gasteiger charge is -2.37. The van der Waals surface area contributed by atoms with Crippen LogP contribution in [0.4, 0.5) is 11.5 Å². The summed E-state index contributed by atoms with van der Waals surface area (Å²) in [5.74, 6) is 0.968. The molecule has 0 unspecified atom stereocenters. The molecule has 0 radical (unpaired) electrons. The lowest BCUT2D eigenvalue weighted by molar-refractivity contribution is 0.0746. The second-order valence-corrected chi connectivity index (χ2v) is 8.41. The molecule has 1 aliphatic carbocycles. The largest absolute Gasteiger partial charge is 0.368 e. The molecule has 2 aliphatic rings. The van der Waals surface area contributed by atoms with Crippen LogP contribution in [0, 0.1) is 13.8 Å². The molecule has 1 amide bonds. The molecule has 29 heavy (non-hydrogen) atoms. The maximum Gasteiger partial charge on any atom is 0.255 e. The van der Waals surface area contributed by atoms with E-state index >= 15 is 0 Å². The van der Waals surface area contributed by atoms with Gasteiger partial charge >= 0.3 is 0 Å². The maximum atomic E-state index is 12.9. The highest BCUT2D eigenvalue weighted by Gasteiger charge is 2.23. The van der Waals surface area contributed by atoms with Crippen LogP contribution < -0.4 is 10.2 Å². The van der Waals surface area contributed by atoms with Crippen molar-refractivity contribution >= 4 is 17.4 Å². The van der Waals surface area contributed by atoms with Crippen LogP contribution in [0.2, 0.25) is 0 Å². The van der Waals surface area contributed by atoms with Gasteiger partial charge in [-0.25, -0.2) is 4.98 Å². The fourth-order valence-corrected chi connectivity index (χ4v) is 4.47. The number of piperazine rings is 1. The molecule has 1 aliphatic heterocycles. The van der Waals surface area contributed by atoms with E-state index in [1.54, 1.807) is 6.20 Å². The number of benzene rings is 1. The molecule has 154 valence electrons. The van der Waals surface area contributed by atoms with Crippen molar-refractivity contribution in [3.63, 3.8) is 0 Å². The highest BCUT2D eigenvalue weighted by molar-refractivity contribution is 5.94. The smallest absolute Gasteiger partial charge is 0.255 e. The summed E-state index contributed by atoms with van der Waals surface area (Å²) in [5.41, 5.74) is 4.61. The zero-order chi connectivity index (χ0) is 20.2. The molecule has 1 aromatic heterocycles. The Balaban J connectivity index is 1.34. The fraction of sp³-hybridized carbons (Fsp3) is 0.500. The normalized spacial score (nSPS) is 18.0. The standard InChI is InChI=1S/C24H32N4O/c1-18-7-6-10-22(19(18)2)27-13-15-28(16-14-27)24(29)20-11-12-23(25-17-20)26-21-8-4-3-5-9-21/h6-7,10-12,17,21H,3-5,8-9,13-16H2,1-2H3,(H,25,26). The summed E-state index contributed by atoms with van der Waals surface area (Å²) < 4.78 is 0. The van der Waals surface area contributed by atoms with Gasteiger partial charge in [-0.15, -0.1) is 0 Å². The molecule has 0 spiro atoms. The monoisotopic (exact) mass is 392 g/mol. The molecule has 1 N–H and O–H groups in total. The van der Waals surface area contributed by atoms with E-state index in [1.165, 1.54) is 48.9 Å². The molecule has 2 heterocycles. The Bertz CT molecular complexity index is 834. The zero-order valence-electron chi connectivity index (χ0n) is 17.7. The predicted molar refractivity (Wildman–Crippen MR) is 119 cm³/mol. The van der Waals surface area contributed by atoms with E-state index in [1.807, 2.05) is 17.0 Å². The van der Waals surface area contributed by atoms with Crippen molar-refractivity contribution in [3.05, 3.63) is 53.2 Å². The fourth-order valence-electron chi connectivity index (χ4n) is 4.47. The van der Waals surface area contributed by atoms with Gasteiger partial charge in [0.2, 0.25) is 0 Å². The quantitative estimate of drug-likeness (QED) is 0.838. The summed E-state index contributed by atoms with van der Waals surface area (Å²) in [5, 5.41) is 3.52. The van der Waals surface area contributed by atoms with Crippen molar-refractivity contribution in [1.29, 1.82) is 0 Å². The maximum absolute atomic E-state index is 12.9. The van der Waals surface area contributed by atoms with Gasteiger partial charge in [-0.05, 0) is 56.0 Å². The first-order valence-electron chi connectivity index (χ1n) is 10.9. The number of aryl methyl sites for hydroxylation is 1. The second-order valence-electron chi connectivity index (χ2n) is 8.41. The van der Waals surface area contributed by atoms with Crippen LogP contribution >= 0.6 is 0 Å². The lowest BCUT2D eigenvalue weighted by atomic mass is 9.95. The Kier molecular flexibility index (Phi) is 6.02. The molecule has 4 rings (SSSR count). The third-order valence-electron chi connectivity index (χ3n) is 6.45. The average molecular weight is 393 g/mol. The molecule has 1 saturated carbocycles. The zero-order valence-corrected chi connectivity index (χ0v) is 17.7. The molecule has 1 saturated heterocycles. The Morgan fingerprint density at radius 3 is 2.45 bits per heavy atom. The molecule has 1 aromatic carbocycles. The van der Waals surface area contributed by atoms with Crippen LogP contribution in [0.5, 0.6) is 0 Å². The predicted octanol–water partition coefficient (Wildman–Crippen LogP) is 4.41. The summed E-state index contributed by atoms with van der Waals surface area (Å²) >= 11 is 0. The third-order valence-corrected chi connectivity index (χ3v) is 6.45. The highest BCUT2D eigenvalue weighted by Crippen LogP contribution is 2.24. The number of anilines is 2. The molecular weight excluding hydrogens is 360 g/mol. The molecule has 0 atom stereocenters. The van der Waals surface area contributed by atoms with Crippen LogP contribution in [0.15, 0.2) is 36.5 Å². The second kappa shape index (κ2) is 8.85. The van der Waals surface area contributed by atoms with Crippen LogP contribution in [0.25, 0.3) is 0 Å². The van der Waals surface area contributed by atoms with Gasteiger partial charge in [0.15, 0.2) is 0 Å². The minimum atomic E-state index is 0.0855. The molecule has 5 nitrogen and oxygen atoms in total. The molecule has 5 heteroatoms. The Morgan fingerprint density at radius 1 is 1.00 bits per heavy atom. The van der Waals surface area contributed by atoms with E-state index in [0.29, 0.717) is 11.6 Å². The average Bonchev–Trinajstić information content (AvgIpc) is 2.77. The molecular formula is C24H32N4O. The van der Waals surface area contributed by atoms with Crippen LogP contribution in [0.3, 0.4) is 0 Å². The molecule has 2 aromatic rings. The third kappa shape index (κ3) is 4.55. The Hall–Kier alpha value is -2.56. The van der Waals surface area contributed by atoms with Crippen molar-refractivity contribution in [2.24, 2.45) is 0 Å².